The molecule has 0 atom stereocenters. The Morgan fingerprint density at radius 1 is 1.00 bits per heavy atom. The van der Waals surface area contributed by atoms with E-state index in [4.69, 9.17) is 10.5 Å². The molecule has 0 aliphatic heterocycles. The SMILES string of the molecule is NCc1ccc(CNC(=O)Oc2ccccc2)cc1. The zero-order valence-corrected chi connectivity index (χ0v) is 10.5. The Morgan fingerprint density at radius 2 is 1.63 bits per heavy atom. The van der Waals surface area contributed by atoms with Gasteiger partial charge in [-0.05, 0) is 23.3 Å². The third-order valence-corrected chi connectivity index (χ3v) is 2.65. The molecule has 3 N–H and O–H groups in total. The predicted octanol–water partition coefficient (Wildman–Crippen LogP) is 2.43. The van der Waals surface area contributed by atoms with Crippen LogP contribution in [0.15, 0.2) is 54.6 Å². The molecule has 0 unspecified atom stereocenters. The van der Waals surface area contributed by atoms with Crippen LogP contribution in [0.4, 0.5) is 4.79 Å². The lowest BCUT2D eigenvalue weighted by atomic mass is 10.1. The molecule has 2 aromatic carbocycles. The number of hydrogen-bond donors (Lipinski definition) is 2. The number of ether oxygens (including phenoxy) is 1. The zero-order chi connectivity index (χ0) is 13.5. The maximum absolute atomic E-state index is 11.6. The lowest BCUT2D eigenvalue weighted by molar-refractivity contribution is 0.200. The summed E-state index contributed by atoms with van der Waals surface area (Å²) in [5.74, 6) is 0.526. The van der Waals surface area contributed by atoms with Gasteiger partial charge < -0.3 is 15.8 Å². The van der Waals surface area contributed by atoms with Gasteiger partial charge >= 0.3 is 6.09 Å². The van der Waals surface area contributed by atoms with Gasteiger partial charge in [0.25, 0.3) is 0 Å². The van der Waals surface area contributed by atoms with Crippen LogP contribution in [0.2, 0.25) is 0 Å². The standard InChI is InChI=1S/C15H16N2O2/c16-10-12-6-8-13(9-7-12)11-17-15(18)19-14-4-2-1-3-5-14/h1-9H,10-11,16H2,(H,17,18). The third kappa shape index (κ3) is 4.12. The Kier molecular flexibility index (Phi) is 4.53. The molecule has 4 heteroatoms. The van der Waals surface area contributed by atoms with Gasteiger partial charge in [-0.1, -0.05) is 42.5 Å². The van der Waals surface area contributed by atoms with Gasteiger partial charge in [0.2, 0.25) is 0 Å². The number of nitrogens with two attached hydrogens (primary N) is 1. The maximum Gasteiger partial charge on any atom is 0.412 e. The predicted molar refractivity (Wildman–Crippen MR) is 73.6 cm³/mol. The van der Waals surface area contributed by atoms with Crippen LogP contribution < -0.4 is 15.8 Å². The Hall–Kier alpha value is -2.33. The van der Waals surface area contributed by atoms with Crippen molar-refractivity contribution in [1.82, 2.24) is 5.32 Å². The maximum atomic E-state index is 11.6. The molecule has 0 radical (unpaired) electrons. The van der Waals surface area contributed by atoms with Crippen LogP contribution in [-0.4, -0.2) is 6.09 Å². The first-order valence-corrected chi connectivity index (χ1v) is 6.06. The molecule has 0 heterocycles. The summed E-state index contributed by atoms with van der Waals surface area (Å²) in [6.07, 6.45) is -0.464. The van der Waals surface area contributed by atoms with E-state index in [2.05, 4.69) is 5.32 Å². The molecule has 0 spiro atoms. The largest absolute Gasteiger partial charge is 0.412 e. The van der Waals surface area contributed by atoms with Crippen LogP contribution in [0.3, 0.4) is 0 Å². The van der Waals surface area contributed by atoms with Crippen LogP contribution in [-0.2, 0) is 13.1 Å². The molecule has 4 nitrogen and oxygen atoms in total. The number of para-hydroxylation sites is 1. The Balaban J connectivity index is 1.83. The van der Waals surface area contributed by atoms with Crippen LogP contribution in [0.5, 0.6) is 5.75 Å². The Morgan fingerprint density at radius 3 is 2.26 bits per heavy atom. The highest BCUT2D eigenvalue weighted by atomic mass is 16.5. The number of carbonyl (C=O) groups excluding carboxylic acids is 1. The first kappa shape index (κ1) is 13.1. The summed E-state index contributed by atoms with van der Waals surface area (Å²) in [7, 11) is 0. The molecule has 1 amide bonds. The summed E-state index contributed by atoms with van der Waals surface area (Å²) in [5, 5.41) is 2.69. The summed E-state index contributed by atoms with van der Waals surface area (Å²) < 4.78 is 5.11. The van der Waals surface area contributed by atoms with E-state index in [0.717, 1.165) is 11.1 Å². The fourth-order valence-corrected chi connectivity index (χ4v) is 1.60. The van der Waals surface area contributed by atoms with Crippen LogP contribution in [0.25, 0.3) is 0 Å². The van der Waals surface area contributed by atoms with E-state index in [-0.39, 0.29) is 0 Å². The van der Waals surface area contributed by atoms with Crippen molar-refractivity contribution in [3.8, 4) is 5.75 Å². The number of nitrogens with one attached hydrogen (secondary N) is 1. The van der Waals surface area contributed by atoms with Crippen LogP contribution >= 0.6 is 0 Å². The van der Waals surface area contributed by atoms with Crippen molar-refractivity contribution in [1.29, 1.82) is 0 Å². The van der Waals surface area contributed by atoms with Gasteiger partial charge in [0.1, 0.15) is 5.75 Å². The molecule has 0 saturated carbocycles. The van der Waals surface area contributed by atoms with Crippen molar-refractivity contribution in [2.45, 2.75) is 13.1 Å². The fraction of sp³-hybridized carbons (Fsp3) is 0.133. The molecular formula is C15H16N2O2. The number of benzene rings is 2. The first-order valence-electron chi connectivity index (χ1n) is 6.06. The fourth-order valence-electron chi connectivity index (χ4n) is 1.60. The second kappa shape index (κ2) is 6.56. The quantitative estimate of drug-likeness (QED) is 0.883. The van der Waals surface area contributed by atoms with Gasteiger partial charge in [-0.25, -0.2) is 4.79 Å². The van der Waals surface area contributed by atoms with Crippen molar-refractivity contribution < 1.29 is 9.53 Å². The lowest BCUT2D eigenvalue weighted by Crippen LogP contribution is -2.26. The van der Waals surface area contributed by atoms with Crippen molar-refractivity contribution in [2.24, 2.45) is 5.73 Å². The smallest absolute Gasteiger partial charge is 0.410 e. The van der Waals surface area contributed by atoms with E-state index in [1.165, 1.54) is 0 Å². The summed E-state index contributed by atoms with van der Waals surface area (Å²) in [4.78, 5) is 11.6. The van der Waals surface area contributed by atoms with Gasteiger partial charge in [-0.3, -0.25) is 0 Å². The topological polar surface area (TPSA) is 64.3 Å². The monoisotopic (exact) mass is 256 g/mol. The van der Waals surface area contributed by atoms with Gasteiger partial charge in [0, 0.05) is 13.1 Å². The highest BCUT2D eigenvalue weighted by molar-refractivity contribution is 5.70. The minimum Gasteiger partial charge on any atom is -0.410 e. The molecule has 0 aliphatic rings. The van der Waals surface area contributed by atoms with E-state index in [0.29, 0.717) is 18.8 Å². The number of hydrogen-bond acceptors (Lipinski definition) is 3. The van der Waals surface area contributed by atoms with Gasteiger partial charge in [0.05, 0.1) is 0 Å². The molecule has 0 bridgehead atoms. The van der Waals surface area contributed by atoms with Crippen molar-refractivity contribution in [2.75, 3.05) is 0 Å². The Labute approximate surface area is 112 Å². The molecule has 0 saturated heterocycles. The van der Waals surface area contributed by atoms with Crippen molar-refractivity contribution >= 4 is 6.09 Å². The van der Waals surface area contributed by atoms with E-state index in [1.807, 2.05) is 42.5 Å². The van der Waals surface area contributed by atoms with Gasteiger partial charge in [-0.15, -0.1) is 0 Å². The van der Waals surface area contributed by atoms with E-state index < -0.39 is 6.09 Å². The van der Waals surface area contributed by atoms with Crippen molar-refractivity contribution in [3.63, 3.8) is 0 Å². The van der Waals surface area contributed by atoms with Crippen LogP contribution in [0, 0.1) is 0 Å². The van der Waals surface area contributed by atoms with E-state index in [1.54, 1.807) is 12.1 Å². The van der Waals surface area contributed by atoms with Gasteiger partial charge in [-0.2, -0.15) is 0 Å². The zero-order valence-electron chi connectivity index (χ0n) is 10.5. The lowest BCUT2D eigenvalue weighted by Gasteiger charge is -2.07. The molecule has 2 rings (SSSR count). The average molecular weight is 256 g/mol. The second-order valence-corrected chi connectivity index (χ2v) is 4.08. The van der Waals surface area contributed by atoms with E-state index >= 15 is 0 Å². The third-order valence-electron chi connectivity index (χ3n) is 2.65. The molecule has 98 valence electrons. The number of carbonyl (C=O) groups is 1. The van der Waals surface area contributed by atoms with Crippen molar-refractivity contribution in [3.05, 3.63) is 65.7 Å². The summed E-state index contributed by atoms with van der Waals surface area (Å²) in [5.41, 5.74) is 7.59. The number of rotatable bonds is 4. The molecular weight excluding hydrogens is 240 g/mol. The Bertz CT molecular complexity index is 524. The van der Waals surface area contributed by atoms with Crippen LogP contribution in [0.1, 0.15) is 11.1 Å². The molecule has 0 fully saturated rings. The highest BCUT2D eigenvalue weighted by Crippen LogP contribution is 2.08. The van der Waals surface area contributed by atoms with Gasteiger partial charge in [0.15, 0.2) is 0 Å². The minimum atomic E-state index is -0.464. The molecule has 2 aromatic rings. The highest BCUT2D eigenvalue weighted by Gasteiger charge is 2.03. The summed E-state index contributed by atoms with van der Waals surface area (Å²) in [6, 6.07) is 16.7. The second-order valence-electron chi connectivity index (χ2n) is 4.08. The molecule has 0 aliphatic carbocycles. The molecule has 0 aromatic heterocycles. The molecule has 19 heavy (non-hydrogen) atoms. The summed E-state index contributed by atoms with van der Waals surface area (Å²) >= 11 is 0. The average Bonchev–Trinajstić information content (AvgIpc) is 2.47. The van der Waals surface area contributed by atoms with E-state index in [9.17, 15) is 4.79 Å². The first-order chi connectivity index (χ1) is 9.28. The summed E-state index contributed by atoms with van der Waals surface area (Å²) in [6.45, 7) is 0.945. The number of amides is 1. The minimum absolute atomic E-state index is 0.427. The normalized spacial score (nSPS) is 9.95.